The summed E-state index contributed by atoms with van der Waals surface area (Å²) in [5, 5.41) is 7.45. The summed E-state index contributed by atoms with van der Waals surface area (Å²) in [6, 6.07) is 0. The highest BCUT2D eigenvalue weighted by atomic mass is 127. The molecular formula is C15H27IN6O2. The van der Waals surface area contributed by atoms with Crippen LogP contribution in [-0.4, -0.2) is 78.3 Å². The Hall–Kier alpha value is -1.36. The summed E-state index contributed by atoms with van der Waals surface area (Å²) in [6.07, 6.45) is 3.76. The van der Waals surface area contributed by atoms with Crippen LogP contribution in [0.25, 0.3) is 0 Å². The lowest BCUT2D eigenvalue weighted by molar-refractivity contribution is -0.127. The number of aromatic nitrogens is 2. The summed E-state index contributed by atoms with van der Waals surface area (Å²) < 4.78 is 7.62. The van der Waals surface area contributed by atoms with Gasteiger partial charge < -0.3 is 19.9 Å². The van der Waals surface area contributed by atoms with E-state index in [4.69, 9.17) is 4.74 Å². The molecule has 0 aromatic carbocycles. The van der Waals surface area contributed by atoms with Crippen LogP contribution >= 0.6 is 24.0 Å². The van der Waals surface area contributed by atoms with Crippen LogP contribution in [0.1, 0.15) is 18.6 Å². The molecule has 1 aromatic heterocycles. The van der Waals surface area contributed by atoms with Crippen molar-refractivity contribution in [2.24, 2.45) is 12.0 Å². The zero-order valence-corrected chi connectivity index (χ0v) is 17.1. The third-order valence-corrected chi connectivity index (χ3v) is 3.66. The van der Waals surface area contributed by atoms with Crippen molar-refractivity contribution in [3.8, 4) is 0 Å². The molecule has 136 valence electrons. The van der Waals surface area contributed by atoms with E-state index in [0.29, 0.717) is 13.2 Å². The van der Waals surface area contributed by atoms with Gasteiger partial charge in [-0.25, -0.2) is 4.99 Å². The Labute approximate surface area is 160 Å². The summed E-state index contributed by atoms with van der Waals surface area (Å²) in [5.41, 5.74) is 1.05. The Morgan fingerprint density at radius 3 is 2.88 bits per heavy atom. The first-order chi connectivity index (χ1) is 11.0. The number of likely N-dealkylation sites (N-methyl/N-ethyl adjacent to an activating group) is 1. The van der Waals surface area contributed by atoms with Crippen molar-refractivity contribution in [1.29, 1.82) is 0 Å². The molecule has 1 aromatic rings. The van der Waals surface area contributed by atoms with Gasteiger partial charge in [-0.2, -0.15) is 5.10 Å². The van der Waals surface area contributed by atoms with Gasteiger partial charge in [0, 0.05) is 46.0 Å². The molecule has 0 spiro atoms. The van der Waals surface area contributed by atoms with Crippen molar-refractivity contribution >= 4 is 35.8 Å². The number of aliphatic imine (C=N–C) groups is 1. The summed E-state index contributed by atoms with van der Waals surface area (Å²) in [6.45, 7) is 4.97. The van der Waals surface area contributed by atoms with E-state index in [9.17, 15) is 4.79 Å². The van der Waals surface area contributed by atoms with Crippen molar-refractivity contribution in [3.63, 3.8) is 0 Å². The SMILES string of the molecule is CCNC(=NCC(=O)N(C)C)N1CCOC(c2cnn(C)c2)C1.I. The summed E-state index contributed by atoms with van der Waals surface area (Å²) in [4.78, 5) is 19.9. The van der Waals surface area contributed by atoms with Crippen LogP contribution in [0.2, 0.25) is 0 Å². The molecule has 8 nitrogen and oxygen atoms in total. The van der Waals surface area contributed by atoms with E-state index in [1.54, 1.807) is 23.7 Å². The Morgan fingerprint density at radius 2 is 2.29 bits per heavy atom. The number of nitrogens with zero attached hydrogens (tertiary/aromatic N) is 5. The van der Waals surface area contributed by atoms with Gasteiger partial charge in [-0.15, -0.1) is 24.0 Å². The van der Waals surface area contributed by atoms with Gasteiger partial charge >= 0.3 is 0 Å². The van der Waals surface area contributed by atoms with Gasteiger partial charge in [0.1, 0.15) is 12.6 Å². The highest BCUT2D eigenvalue weighted by Crippen LogP contribution is 2.21. The van der Waals surface area contributed by atoms with E-state index >= 15 is 0 Å². The first kappa shape index (κ1) is 20.7. The van der Waals surface area contributed by atoms with Crippen molar-refractivity contribution in [3.05, 3.63) is 18.0 Å². The number of ether oxygens (including phenoxy) is 1. The summed E-state index contributed by atoms with van der Waals surface area (Å²) in [7, 11) is 5.36. The largest absolute Gasteiger partial charge is 0.370 e. The predicted octanol–water partition coefficient (Wildman–Crippen LogP) is 0.465. The van der Waals surface area contributed by atoms with Crippen molar-refractivity contribution in [2.75, 3.05) is 46.9 Å². The molecule has 1 aliphatic heterocycles. The van der Waals surface area contributed by atoms with Crippen LogP contribution in [0.4, 0.5) is 0 Å². The zero-order chi connectivity index (χ0) is 16.8. The van der Waals surface area contributed by atoms with Gasteiger partial charge in [-0.1, -0.05) is 0 Å². The smallest absolute Gasteiger partial charge is 0.243 e. The molecule has 1 fully saturated rings. The number of hydrogen-bond donors (Lipinski definition) is 1. The van der Waals surface area contributed by atoms with E-state index in [-0.39, 0.29) is 42.5 Å². The molecule has 9 heteroatoms. The van der Waals surface area contributed by atoms with E-state index < -0.39 is 0 Å². The number of nitrogens with one attached hydrogen (secondary N) is 1. The van der Waals surface area contributed by atoms with Crippen LogP contribution in [0.5, 0.6) is 0 Å². The maximum Gasteiger partial charge on any atom is 0.243 e. The molecule has 1 saturated heterocycles. The maximum atomic E-state index is 11.8. The molecule has 1 amide bonds. The lowest BCUT2D eigenvalue weighted by atomic mass is 10.1. The fraction of sp³-hybridized carbons (Fsp3) is 0.667. The fourth-order valence-corrected chi connectivity index (χ4v) is 2.36. The Bertz CT molecular complexity index is 560. The normalized spacial score (nSPS) is 18.1. The average Bonchev–Trinajstić information content (AvgIpc) is 2.97. The van der Waals surface area contributed by atoms with E-state index in [1.165, 1.54) is 0 Å². The van der Waals surface area contributed by atoms with Crippen LogP contribution in [0, 0.1) is 0 Å². The zero-order valence-electron chi connectivity index (χ0n) is 14.7. The van der Waals surface area contributed by atoms with Crippen molar-refractivity contribution < 1.29 is 9.53 Å². The molecule has 1 aliphatic rings. The maximum absolute atomic E-state index is 11.8. The molecule has 2 heterocycles. The lowest BCUT2D eigenvalue weighted by Crippen LogP contribution is -2.48. The number of amides is 1. The molecule has 0 radical (unpaired) electrons. The predicted molar refractivity (Wildman–Crippen MR) is 104 cm³/mol. The Kier molecular flexibility index (Phi) is 8.46. The lowest BCUT2D eigenvalue weighted by Gasteiger charge is -2.34. The highest BCUT2D eigenvalue weighted by Gasteiger charge is 2.25. The third kappa shape index (κ3) is 5.62. The topological polar surface area (TPSA) is 75.0 Å². The van der Waals surface area contributed by atoms with Crippen LogP contribution < -0.4 is 5.32 Å². The molecule has 1 N–H and O–H groups in total. The summed E-state index contributed by atoms with van der Waals surface area (Å²) >= 11 is 0. The second-order valence-corrected chi connectivity index (χ2v) is 5.71. The second kappa shape index (κ2) is 9.82. The minimum absolute atomic E-state index is 0. The van der Waals surface area contributed by atoms with Crippen LogP contribution in [0.3, 0.4) is 0 Å². The van der Waals surface area contributed by atoms with E-state index in [0.717, 1.165) is 24.6 Å². The first-order valence-electron chi connectivity index (χ1n) is 7.84. The summed E-state index contributed by atoms with van der Waals surface area (Å²) in [5.74, 6) is 0.734. The minimum atomic E-state index is -0.0362. The van der Waals surface area contributed by atoms with Crippen LogP contribution in [0.15, 0.2) is 17.4 Å². The van der Waals surface area contributed by atoms with Gasteiger partial charge in [-0.3, -0.25) is 9.48 Å². The highest BCUT2D eigenvalue weighted by molar-refractivity contribution is 14.0. The average molecular weight is 450 g/mol. The van der Waals surface area contributed by atoms with Gasteiger partial charge in [-0.05, 0) is 6.92 Å². The number of halogens is 1. The van der Waals surface area contributed by atoms with Gasteiger partial charge in [0.15, 0.2) is 5.96 Å². The molecule has 1 unspecified atom stereocenters. The number of guanidine groups is 1. The standard InChI is InChI=1S/C15H26N6O2.HI/c1-5-16-15(17-9-14(22)19(2)3)21-6-7-23-13(11-21)12-8-18-20(4)10-12;/h8,10,13H,5-7,9,11H2,1-4H3,(H,16,17);1H. The van der Waals surface area contributed by atoms with Gasteiger partial charge in [0.2, 0.25) is 5.91 Å². The molecular weight excluding hydrogens is 423 g/mol. The van der Waals surface area contributed by atoms with Gasteiger partial charge in [0.05, 0.1) is 19.3 Å². The van der Waals surface area contributed by atoms with Gasteiger partial charge in [0.25, 0.3) is 0 Å². The number of carbonyl (C=O) groups excluding carboxylic acids is 1. The number of rotatable bonds is 4. The number of aryl methyl sites for hydroxylation is 1. The molecule has 0 bridgehead atoms. The Morgan fingerprint density at radius 1 is 1.54 bits per heavy atom. The van der Waals surface area contributed by atoms with Crippen molar-refractivity contribution in [1.82, 2.24) is 24.9 Å². The van der Waals surface area contributed by atoms with E-state index in [1.807, 2.05) is 26.4 Å². The minimum Gasteiger partial charge on any atom is -0.370 e. The quantitative estimate of drug-likeness (QED) is 0.410. The monoisotopic (exact) mass is 450 g/mol. The molecule has 24 heavy (non-hydrogen) atoms. The van der Waals surface area contributed by atoms with E-state index in [2.05, 4.69) is 20.3 Å². The number of hydrogen-bond acceptors (Lipinski definition) is 4. The van der Waals surface area contributed by atoms with Crippen LogP contribution in [-0.2, 0) is 16.6 Å². The molecule has 0 saturated carbocycles. The fourth-order valence-electron chi connectivity index (χ4n) is 2.36. The second-order valence-electron chi connectivity index (χ2n) is 5.71. The molecule has 0 aliphatic carbocycles. The Balaban J connectivity index is 0.00000288. The number of carbonyl (C=O) groups is 1. The first-order valence-corrected chi connectivity index (χ1v) is 7.84. The molecule has 1 atom stereocenters. The molecule has 2 rings (SSSR count). The van der Waals surface area contributed by atoms with Crippen molar-refractivity contribution in [2.45, 2.75) is 13.0 Å². The third-order valence-electron chi connectivity index (χ3n) is 3.66. The number of morpholine rings is 1.